The average molecular weight is 322 g/mol. The van der Waals surface area contributed by atoms with Crippen LogP contribution in [0.2, 0.25) is 0 Å². The standard InChI is InChI=1S/C13H10N2O6S/c16-9(6-10(17)13(18)19)12-11(7-14-15-12)22(20,21)8-4-2-1-3-5-8/h1-5,7H,6H2,(H,14,15)(H,18,19). The number of Topliss-reactive ketones (excluding diaryl/α,β-unsaturated/α-hetero) is 2. The van der Waals surface area contributed by atoms with Crippen molar-refractivity contribution in [2.45, 2.75) is 16.2 Å². The van der Waals surface area contributed by atoms with Crippen LogP contribution in [-0.2, 0) is 19.4 Å². The monoisotopic (exact) mass is 322 g/mol. The van der Waals surface area contributed by atoms with E-state index in [2.05, 4.69) is 10.2 Å². The predicted octanol–water partition coefficient (Wildman–Crippen LogP) is 0.469. The lowest BCUT2D eigenvalue weighted by molar-refractivity contribution is -0.148. The van der Waals surface area contributed by atoms with Gasteiger partial charge in [0.05, 0.1) is 17.5 Å². The van der Waals surface area contributed by atoms with Crippen LogP contribution in [0, 0.1) is 0 Å². The maximum atomic E-state index is 12.4. The fraction of sp³-hybridized carbons (Fsp3) is 0.0769. The van der Waals surface area contributed by atoms with Crippen LogP contribution >= 0.6 is 0 Å². The SMILES string of the molecule is O=C(O)C(=O)CC(=O)c1[nH]ncc1S(=O)(=O)c1ccccc1. The van der Waals surface area contributed by atoms with E-state index >= 15 is 0 Å². The minimum Gasteiger partial charge on any atom is -0.475 e. The van der Waals surface area contributed by atoms with Crippen LogP contribution in [0.1, 0.15) is 16.9 Å². The Morgan fingerprint density at radius 1 is 1.14 bits per heavy atom. The molecule has 114 valence electrons. The van der Waals surface area contributed by atoms with Gasteiger partial charge in [0.1, 0.15) is 10.6 Å². The van der Waals surface area contributed by atoms with Crippen LogP contribution in [0.4, 0.5) is 0 Å². The van der Waals surface area contributed by atoms with Gasteiger partial charge in [-0.25, -0.2) is 13.2 Å². The maximum absolute atomic E-state index is 12.4. The number of sulfone groups is 1. The molecule has 0 aliphatic carbocycles. The van der Waals surface area contributed by atoms with E-state index < -0.39 is 44.4 Å². The molecule has 0 saturated heterocycles. The number of rotatable bonds is 6. The van der Waals surface area contributed by atoms with E-state index in [0.29, 0.717) is 0 Å². The molecule has 1 aromatic carbocycles. The summed E-state index contributed by atoms with van der Waals surface area (Å²) >= 11 is 0. The zero-order chi connectivity index (χ0) is 16.3. The molecule has 9 heteroatoms. The Bertz CT molecular complexity index is 838. The van der Waals surface area contributed by atoms with Gasteiger partial charge in [-0.05, 0) is 12.1 Å². The van der Waals surface area contributed by atoms with Crippen molar-refractivity contribution in [1.82, 2.24) is 10.2 Å². The summed E-state index contributed by atoms with van der Waals surface area (Å²) in [7, 11) is -4.00. The summed E-state index contributed by atoms with van der Waals surface area (Å²) in [4.78, 5) is 33.0. The topological polar surface area (TPSA) is 134 Å². The van der Waals surface area contributed by atoms with Gasteiger partial charge in [-0.2, -0.15) is 5.10 Å². The predicted molar refractivity (Wildman–Crippen MR) is 72.1 cm³/mol. The van der Waals surface area contributed by atoms with Gasteiger partial charge in [-0.1, -0.05) is 18.2 Å². The number of carbonyl (C=O) groups is 3. The van der Waals surface area contributed by atoms with Crippen LogP contribution in [-0.4, -0.2) is 41.3 Å². The lowest BCUT2D eigenvalue weighted by atomic mass is 10.1. The second-order valence-electron chi connectivity index (χ2n) is 4.25. The molecule has 0 radical (unpaired) electrons. The van der Waals surface area contributed by atoms with Gasteiger partial charge in [0, 0.05) is 0 Å². The summed E-state index contributed by atoms with van der Waals surface area (Å²) in [5.41, 5.74) is -0.418. The molecule has 0 unspecified atom stereocenters. The number of ketones is 2. The number of aromatic amines is 1. The van der Waals surface area contributed by atoms with Crippen molar-refractivity contribution in [3.05, 3.63) is 42.2 Å². The van der Waals surface area contributed by atoms with Gasteiger partial charge in [0.15, 0.2) is 5.78 Å². The average Bonchev–Trinajstić information content (AvgIpc) is 2.98. The van der Waals surface area contributed by atoms with Gasteiger partial charge >= 0.3 is 5.97 Å². The molecule has 0 amide bonds. The first kappa shape index (κ1) is 15.6. The molecule has 0 aliphatic heterocycles. The molecule has 1 heterocycles. The van der Waals surface area contributed by atoms with Crippen LogP contribution in [0.3, 0.4) is 0 Å². The Labute approximate surface area is 124 Å². The van der Waals surface area contributed by atoms with Crippen molar-refractivity contribution >= 4 is 27.4 Å². The van der Waals surface area contributed by atoms with Crippen molar-refractivity contribution in [3.63, 3.8) is 0 Å². The van der Waals surface area contributed by atoms with Crippen molar-refractivity contribution in [3.8, 4) is 0 Å². The number of benzene rings is 1. The molecule has 2 N–H and O–H groups in total. The second kappa shape index (κ2) is 5.90. The van der Waals surface area contributed by atoms with E-state index in [1.54, 1.807) is 6.07 Å². The summed E-state index contributed by atoms with van der Waals surface area (Å²) in [6.07, 6.45) is -0.00432. The van der Waals surface area contributed by atoms with E-state index in [0.717, 1.165) is 6.20 Å². The lowest BCUT2D eigenvalue weighted by Gasteiger charge is -2.04. The number of carboxylic acid groups (broad SMARTS) is 1. The van der Waals surface area contributed by atoms with E-state index in [1.807, 2.05) is 0 Å². The van der Waals surface area contributed by atoms with E-state index in [-0.39, 0.29) is 4.90 Å². The number of carboxylic acids is 1. The summed E-state index contributed by atoms with van der Waals surface area (Å²) in [5, 5.41) is 14.2. The van der Waals surface area contributed by atoms with Crippen LogP contribution in [0.25, 0.3) is 0 Å². The molecule has 0 aliphatic rings. The molecule has 0 fully saturated rings. The number of nitrogens with one attached hydrogen (secondary N) is 1. The minimum atomic E-state index is -4.00. The second-order valence-corrected chi connectivity index (χ2v) is 6.17. The van der Waals surface area contributed by atoms with Crippen molar-refractivity contribution in [2.75, 3.05) is 0 Å². The van der Waals surface area contributed by atoms with Crippen LogP contribution in [0.5, 0.6) is 0 Å². The van der Waals surface area contributed by atoms with E-state index in [1.165, 1.54) is 24.3 Å². The number of H-pyrrole nitrogens is 1. The molecular formula is C13H10N2O6S. The smallest absolute Gasteiger partial charge is 0.372 e. The first-order valence-electron chi connectivity index (χ1n) is 5.97. The first-order valence-corrected chi connectivity index (χ1v) is 7.45. The number of aromatic nitrogens is 2. The molecule has 0 spiro atoms. The molecular weight excluding hydrogens is 312 g/mol. The largest absolute Gasteiger partial charge is 0.475 e. The zero-order valence-electron chi connectivity index (χ0n) is 11.0. The normalized spacial score (nSPS) is 11.1. The highest BCUT2D eigenvalue weighted by Gasteiger charge is 2.28. The maximum Gasteiger partial charge on any atom is 0.372 e. The van der Waals surface area contributed by atoms with Crippen molar-refractivity contribution < 1.29 is 27.9 Å². The van der Waals surface area contributed by atoms with Gasteiger partial charge in [0.2, 0.25) is 15.6 Å². The van der Waals surface area contributed by atoms with Crippen molar-refractivity contribution in [1.29, 1.82) is 0 Å². The fourth-order valence-corrected chi connectivity index (χ4v) is 3.10. The number of aliphatic carboxylic acids is 1. The summed E-state index contributed by atoms with van der Waals surface area (Å²) < 4.78 is 24.9. The lowest BCUT2D eigenvalue weighted by Crippen LogP contribution is -2.18. The number of hydrogen-bond acceptors (Lipinski definition) is 6. The third kappa shape index (κ3) is 2.93. The van der Waals surface area contributed by atoms with Crippen molar-refractivity contribution in [2.24, 2.45) is 0 Å². The molecule has 0 atom stereocenters. The summed E-state index contributed by atoms with van der Waals surface area (Å²) in [6, 6.07) is 7.36. The zero-order valence-corrected chi connectivity index (χ0v) is 11.8. The number of hydrogen-bond donors (Lipinski definition) is 2. The molecule has 2 rings (SSSR count). The van der Waals surface area contributed by atoms with Gasteiger partial charge in [-0.15, -0.1) is 0 Å². The Morgan fingerprint density at radius 3 is 2.36 bits per heavy atom. The minimum absolute atomic E-state index is 0.0463. The Balaban J connectivity index is 2.40. The van der Waals surface area contributed by atoms with E-state index in [4.69, 9.17) is 5.11 Å². The molecule has 2 aromatic rings. The quantitative estimate of drug-likeness (QED) is 0.448. The molecule has 1 aromatic heterocycles. The molecule has 8 nitrogen and oxygen atoms in total. The number of carbonyl (C=O) groups excluding carboxylic acids is 2. The molecule has 0 bridgehead atoms. The highest BCUT2D eigenvalue weighted by atomic mass is 32.2. The van der Waals surface area contributed by atoms with E-state index in [9.17, 15) is 22.8 Å². The van der Waals surface area contributed by atoms with Crippen LogP contribution in [0.15, 0.2) is 46.3 Å². The fourth-order valence-electron chi connectivity index (χ4n) is 1.72. The molecule has 22 heavy (non-hydrogen) atoms. The van der Waals surface area contributed by atoms with Crippen LogP contribution < -0.4 is 0 Å². The third-order valence-electron chi connectivity index (χ3n) is 2.79. The van der Waals surface area contributed by atoms with Gasteiger partial charge < -0.3 is 5.11 Å². The highest BCUT2D eigenvalue weighted by Crippen LogP contribution is 2.23. The first-order chi connectivity index (χ1) is 10.3. The highest BCUT2D eigenvalue weighted by molar-refractivity contribution is 7.91. The third-order valence-corrected chi connectivity index (χ3v) is 4.57. The Hall–Kier alpha value is -2.81. The summed E-state index contributed by atoms with van der Waals surface area (Å²) in [6.45, 7) is 0. The number of nitrogens with zero attached hydrogens (tertiary/aromatic N) is 1. The Morgan fingerprint density at radius 2 is 1.77 bits per heavy atom. The van der Waals surface area contributed by atoms with Gasteiger partial charge in [0.25, 0.3) is 0 Å². The summed E-state index contributed by atoms with van der Waals surface area (Å²) in [5.74, 6) is -4.05. The Kier molecular flexibility index (Phi) is 4.18. The molecule has 0 saturated carbocycles. The van der Waals surface area contributed by atoms with Gasteiger partial charge in [-0.3, -0.25) is 14.7 Å².